The fourth-order valence-electron chi connectivity index (χ4n) is 3.24. The molecule has 0 spiro atoms. The second-order valence-electron chi connectivity index (χ2n) is 6.45. The summed E-state index contributed by atoms with van der Waals surface area (Å²) in [5.41, 5.74) is 8.06. The summed E-state index contributed by atoms with van der Waals surface area (Å²) in [7, 11) is -4.26. The molecule has 0 bridgehead atoms. The topological polar surface area (TPSA) is 105 Å². The minimum absolute atomic E-state index is 0.161. The normalized spacial score (nSPS) is 19.5. The van der Waals surface area contributed by atoms with Gasteiger partial charge in [-0.3, -0.25) is 4.55 Å². The minimum Gasteiger partial charge on any atom is -0.302 e. The van der Waals surface area contributed by atoms with Crippen LogP contribution in [0.15, 0.2) is 81.9 Å². The van der Waals surface area contributed by atoms with E-state index in [1.54, 1.807) is 24.3 Å². The number of hydrogen-bond donors (Lipinski definition) is 2. The van der Waals surface area contributed by atoms with E-state index in [1.807, 2.05) is 36.4 Å². The molecule has 27 heavy (non-hydrogen) atoms. The molecule has 1 aliphatic rings. The Hall–Kier alpha value is -2.87. The Kier molecular flexibility index (Phi) is 4.15. The van der Waals surface area contributed by atoms with Gasteiger partial charge in [0.25, 0.3) is 10.1 Å². The van der Waals surface area contributed by atoms with Crippen molar-refractivity contribution in [3.05, 3.63) is 77.9 Å². The lowest BCUT2D eigenvalue weighted by Gasteiger charge is -2.27. The number of rotatable bonds is 3. The number of nitrogens with two attached hydrogens (primary N) is 1. The first kappa shape index (κ1) is 17.5. The van der Waals surface area contributed by atoms with E-state index in [0.29, 0.717) is 17.5 Å². The maximum atomic E-state index is 11.3. The molecule has 0 saturated carbocycles. The fourth-order valence-corrected chi connectivity index (χ4v) is 3.76. The van der Waals surface area contributed by atoms with Crippen molar-refractivity contribution in [3.63, 3.8) is 0 Å². The van der Waals surface area contributed by atoms with E-state index in [-0.39, 0.29) is 4.90 Å². The van der Waals surface area contributed by atoms with Crippen LogP contribution in [0.4, 0.5) is 5.69 Å². The van der Waals surface area contributed by atoms with Gasteiger partial charge in [0.1, 0.15) is 0 Å². The predicted octanol–water partition coefficient (Wildman–Crippen LogP) is 4.40. The third-order valence-electron chi connectivity index (χ3n) is 4.62. The molecule has 0 saturated heterocycles. The maximum Gasteiger partial charge on any atom is 0.294 e. The average Bonchev–Trinajstić information content (AvgIpc) is 2.66. The SMILES string of the molecule is NC1(/N=N/c2cccc3cc(S(=O)(=O)O)ccc23)CC=Cc2ccccc21. The second kappa shape index (κ2) is 6.38. The summed E-state index contributed by atoms with van der Waals surface area (Å²) in [6.07, 6.45) is 4.53. The number of azo groups is 1. The Labute approximate surface area is 156 Å². The molecule has 0 aliphatic heterocycles. The molecule has 0 aromatic heterocycles. The standard InChI is InChI=1S/C20H17N3O3S/c21-20(12-4-7-14-5-1-2-8-18(14)20)23-22-19-9-3-6-15-13-16(27(24,25)26)10-11-17(15)19/h1-11,13H,12,21H2,(H,24,25,26)/b23-22+. The van der Waals surface area contributed by atoms with Crippen LogP contribution in [-0.4, -0.2) is 13.0 Å². The first-order valence-corrected chi connectivity index (χ1v) is 9.79. The Morgan fingerprint density at radius 3 is 2.67 bits per heavy atom. The molecule has 6 nitrogen and oxygen atoms in total. The zero-order chi connectivity index (χ0) is 19.1. The molecule has 3 aromatic rings. The highest BCUT2D eigenvalue weighted by Crippen LogP contribution is 2.35. The highest BCUT2D eigenvalue weighted by Gasteiger charge is 2.30. The van der Waals surface area contributed by atoms with Gasteiger partial charge in [0, 0.05) is 17.4 Å². The lowest BCUT2D eigenvalue weighted by molar-refractivity contribution is 0.447. The zero-order valence-corrected chi connectivity index (χ0v) is 15.1. The molecule has 0 fully saturated rings. The third-order valence-corrected chi connectivity index (χ3v) is 5.47. The molecule has 136 valence electrons. The van der Waals surface area contributed by atoms with Gasteiger partial charge in [-0.15, -0.1) is 0 Å². The van der Waals surface area contributed by atoms with Crippen LogP contribution in [0.25, 0.3) is 16.8 Å². The summed E-state index contributed by atoms with van der Waals surface area (Å²) in [4.78, 5) is -0.161. The quantitative estimate of drug-likeness (QED) is 0.520. The van der Waals surface area contributed by atoms with E-state index >= 15 is 0 Å². The highest BCUT2D eigenvalue weighted by atomic mass is 32.2. The minimum atomic E-state index is -4.26. The van der Waals surface area contributed by atoms with Gasteiger partial charge in [-0.05, 0) is 29.1 Å². The summed E-state index contributed by atoms with van der Waals surface area (Å²) in [5.74, 6) is 0. The Morgan fingerprint density at radius 2 is 1.85 bits per heavy atom. The third kappa shape index (κ3) is 3.28. The molecular formula is C20H17N3O3S. The van der Waals surface area contributed by atoms with Gasteiger partial charge in [0.2, 0.25) is 0 Å². The van der Waals surface area contributed by atoms with Crippen LogP contribution in [0, 0.1) is 0 Å². The summed E-state index contributed by atoms with van der Waals surface area (Å²) < 4.78 is 31.9. The van der Waals surface area contributed by atoms with Crippen molar-refractivity contribution in [1.29, 1.82) is 0 Å². The Bertz CT molecular complexity index is 1200. The van der Waals surface area contributed by atoms with E-state index < -0.39 is 15.8 Å². The predicted molar refractivity (Wildman–Crippen MR) is 104 cm³/mol. The zero-order valence-electron chi connectivity index (χ0n) is 14.3. The van der Waals surface area contributed by atoms with Crippen molar-refractivity contribution in [2.24, 2.45) is 16.0 Å². The largest absolute Gasteiger partial charge is 0.302 e. The summed E-state index contributed by atoms with van der Waals surface area (Å²) >= 11 is 0. The van der Waals surface area contributed by atoms with Crippen molar-refractivity contribution in [3.8, 4) is 0 Å². The van der Waals surface area contributed by atoms with Crippen LogP contribution in [0.5, 0.6) is 0 Å². The van der Waals surface area contributed by atoms with Gasteiger partial charge < -0.3 is 5.73 Å². The molecule has 3 aromatic carbocycles. The molecule has 1 atom stereocenters. The van der Waals surface area contributed by atoms with Crippen molar-refractivity contribution in [2.75, 3.05) is 0 Å². The highest BCUT2D eigenvalue weighted by molar-refractivity contribution is 7.85. The summed E-state index contributed by atoms with van der Waals surface area (Å²) in [5, 5.41) is 10.2. The van der Waals surface area contributed by atoms with E-state index in [9.17, 15) is 13.0 Å². The van der Waals surface area contributed by atoms with Crippen molar-refractivity contribution < 1.29 is 13.0 Å². The van der Waals surface area contributed by atoms with Crippen LogP contribution < -0.4 is 5.73 Å². The van der Waals surface area contributed by atoms with Crippen molar-refractivity contribution in [1.82, 2.24) is 0 Å². The average molecular weight is 379 g/mol. The van der Waals surface area contributed by atoms with Crippen molar-refractivity contribution in [2.45, 2.75) is 17.0 Å². The Morgan fingerprint density at radius 1 is 1.04 bits per heavy atom. The van der Waals surface area contributed by atoms with Crippen molar-refractivity contribution >= 4 is 32.7 Å². The molecule has 3 N–H and O–H groups in total. The number of nitrogens with zero attached hydrogens (tertiary/aromatic N) is 2. The molecule has 4 rings (SSSR count). The number of fused-ring (bicyclic) bond motifs is 2. The lowest BCUT2D eigenvalue weighted by atomic mass is 9.88. The first-order chi connectivity index (χ1) is 12.9. The molecular weight excluding hydrogens is 362 g/mol. The van der Waals surface area contributed by atoms with E-state index in [4.69, 9.17) is 5.73 Å². The maximum absolute atomic E-state index is 11.3. The van der Waals surface area contributed by atoms with Gasteiger partial charge in [-0.25, -0.2) is 0 Å². The van der Waals surface area contributed by atoms with E-state index in [2.05, 4.69) is 10.2 Å². The van der Waals surface area contributed by atoms with Gasteiger partial charge in [0.05, 0.1) is 10.6 Å². The molecule has 0 heterocycles. The fraction of sp³-hybridized carbons (Fsp3) is 0.100. The Balaban J connectivity index is 1.77. The molecule has 1 aliphatic carbocycles. The van der Waals surface area contributed by atoms with Gasteiger partial charge in [-0.2, -0.15) is 18.6 Å². The summed E-state index contributed by atoms with van der Waals surface area (Å²) in [6.45, 7) is 0. The van der Waals surface area contributed by atoms with Crippen LogP contribution in [-0.2, 0) is 15.8 Å². The number of hydrogen-bond acceptors (Lipinski definition) is 5. The molecule has 1 unspecified atom stereocenters. The smallest absolute Gasteiger partial charge is 0.294 e. The molecule has 7 heteroatoms. The van der Waals surface area contributed by atoms with Crippen LogP contribution >= 0.6 is 0 Å². The van der Waals surface area contributed by atoms with E-state index in [0.717, 1.165) is 16.5 Å². The molecule has 0 radical (unpaired) electrons. The monoisotopic (exact) mass is 379 g/mol. The van der Waals surface area contributed by atoms with Gasteiger partial charge in [0.15, 0.2) is 5.66 Å². The molecule has 0 amide bonds. The lowest BCUT2D eigenvalue weighted by Crippen LogP contribution is -2.35. The number of benzene rings is 3. The summed E-state index contributed by atoms with van der Waals surface area (Å²) in [6, 6.07) is 17.4. The van der Waals surface area contributed by atoms with Gasteiger partial charge >= 0.3 is 0 Å². The van der Waals surface area contributed by atoms with E-state index in [1.165, 1.54) is 12.1 Å². The first-order valence-electron chi connectivity index (χ1n) is 8.35. The van der Waals surface area contributed by atoms with Gasteiger partial charge in [-0.1, -0.05) is 54.6 Å². The van der Waals surface area contributed by atoms with Crippen LogP contribution in [0.3, 0.4) is 0 Å². The second-order valence-corrected chi connectivity index (χ2v) is 7.87. The van der Waals surface area contributed by atoms with Crippen LogP contribution in [0.2, 0.25) is 0 Å². The van der Waals surface area contributed by atoms with Crippen LogP contribution in [0.1, 0.15) is 17.5 Å².